The number of benzene rings is 1. The van der Waals surface area contributed by atoms with Gasteiger partial charge in [-0.25, -0.2) is 4.98 Å². The lowest BCUT2D eigenvalue weighted by atomic mass is 10.0. The van der Waals surface area contributed by atoms with E-state index in [0.717, 1.165) is 0 Å². The highest BCUT2D eigenvalue weighted by Crippen LogP contribution is 2.21. The van der Waals surface area contributed by atoms with Crippen LogP contribution >= 0.6 is 11.6 Å². The van der Waals surface area contributed by atoms with Crippen molar-refractivity contribution < 1.29 is 9.59 Å². The Bertz CT molecular complexity index is 701. The smallest absolute Gasteiger partial charge is 0.227 e. The number of carbonyl (C=O) groups excluding carboxylic acids is 2. The molecule has 0 spiro atoms. The minimum Gasteiger partial charge on any atom is -0.352 e. The van der Waals surface area contributed by atoms with Crippen LogP contribution in [0.4, 0.5) is 5.69 Å². The second-order valence-electron chi connectivity index (χ2n) is 4.01. The zero-order chi connectivity index (χ0) is 13.4. The van der Waals surface area contributed by atoms with Crippen molar-refractivity contribution in [2.24, 2.45) is 0 Å². The van der Waals surface area contributed by atoms with E-state index in [2.05, 4.69) is 15.3 Å². The first kappa shape index (κ1) is 11.7. The van der Waals surface area contributed by atoms with Crippen LogP contribution in [0.15, 0.2) is 42.4 Å². The van der Waals surface area contributed by atoms with E-state index < -0.39 is 0 Å². The van der Waals surface area contributed by atoms with E-state index in [-0.39, 0.29) is 28.7 Å². The first-order chi connectivity index (χ1) is 9.15. The molecule has 0 fully saturated rings. The number of ketones is 2. The number of aromatic amines is 1. The van der Waals surface area contributed by atoms with Crippen LogP contribution in [0.25, 0.3) is 0 Å². The minimum absolute atomic E-state index is 0.159. The summed E-state index contributed by atoms with van der Waals surface area (Å²) >= 11 is 5.78. The van der Waals surface area contributed by atoms with Crippen molar-refractivity contribution in [2.75, 3.05) is 5.32 Å². The number of imidazole rings is 1. The van der Waals surface area contributed by atoms with Gasteiger partial charge in [0.25, 0.3) is 0 Å². The summed E-state index contributed by atoms with van der Waals surface area (Å²) in [6.07, 6.45) is 2.58. The van der Waals surface area contributed by atoms with Gasteiger partial charge in [0.05, 0.1) is 12.0 Å². The number of nitrogens with zero attached hydrogens (tertiary/aromatic N) is 1. The average Bonchev–Trinajstić information content (AvgIpc) is 2.88. The highest BCUT2D eigenvalue weighted by Gasteiger charge is 2.28. The van der Waals surface area contributed by atoms with E-state index in [0.29, 0.717) is 10.7 Å². The molecule has 1 heterocycles. The van der Waals surface area contributed by atoms with Crippen molar-refractivity contribution in [3.05, 3.63) is 58.8 Å². The van der Waals surface area contributed by atoms with Crippen LogP contribution in [0.1, 0.15) is 21.0 Å². The third kappa shape index (κ3) is 2.04. The molecule has 1 aromatic carbocycles. The maximum atomic E-state index is 12.1. The molecule has 2 aromatic rings. The fraction of sp³-hybridized carbons (Fsp3) is 0. The van der Waals surface area contributed by atoms with Crippen molar-refractivity contribution >= 4 is 28.9 Å². The van der Waals surface area contributed by atoms with Crippen molar-refractivity contribution in [3.8, 4) is 0 Å². The van der Waals surface area contributed by atoms with Crippen molar-refractivity contribution in [3.63, 3.8) is 0 Å². The number of Topliss-reactive ketones (excluding diaryl/α,β-unsaturated/α-hetero) is 1. The van der Waals surface area contributed by atoms with Crippen LogP contribution in [0.5, 0.6) is 0 Å². The highest BCUT2D eigenvalue weighted by atomic mass is 35.5. The van der Waals surface area contributed by atoms with Crippen molar-refractivity contribution in [1.29, 1.82) is 0 Å². The number of rotatable bonds is 2. The van der Waals surface area contributed by atoms with Crippen LogP contribution in [-0.4, -0.2) is 21.5 Å². The SMILES string of the molecule is O=C1C=C(Nc2ccc(Cl)cc2)C(=O)c2[nH]cnc21. The van der Waals surface area contributed by atoms with Gasteiger partial charge in [-0.2, -0.15) is 0 Å². The van der Waals surface area contributed by atoms with E-state index in [9.17, 15) is 9.59 Å². The average molecular weight is 274 g/mol. The molecule has 0 unspecified atom stereocenters. The lowest BCUT2D eigenvalue weighted by Gasteiger charge is -2.13. The molecule has 0 radical (unpaired) electrons. The summed E-state index contributed by atoms with van der Waals surface area (Å²) in [4.78, 5) is 30.4. The Morgan fingerprint density at radius 3 is 2.63 bits per heavy atom. The van der Waals surface area contributed by atoms with E-state index >= 15 is 0 Å². The third-order valence-electron chi connectivity index (χ3n) is 2.74. The highest BCUT2D eigenvalue weighted by molar-refractivity contribution is 6.30. The quantitative estimate of drug-likeness (QED) is 0.881. The van der Waals surface area contributed by atoms with Gasteiger partial charge in [0.15, 0.2) is 0 Å². The zero-order valence-corrected chi connectivity index (χ0v) is 10.4. The Labute approximate surface area is 113 Å². The Morgan fingerprint density at radius 1 is 1.16 bits per heavy atom. The van der Waals surface area contributed by atoms with Crippen LogP contribution in [0.2, 0.25) is 5.02 Å². The molecule has 0 amide bonds. The summed E-state index contributed by atoms with van der Waals surface area (Å²) in [6.45, 7) is 0. The van der Waals surface area contributed by atoms with Crippen LogP contribution in [0.3, 0.4) is 0 Å². The predicted molar refractivity (Wildman–Crippen MR) is 70.4 cm³/mol. The van der Waals surface area contributed by atoms with Gasteiger partial charge in [-0.1, -0.05) is 11.6 Å². The van der Waals surface area contributed by atoms with Gasteiger partial charge in [-0.15, -0.1) is 0 Å². The predicted octanol–water partition coefficient (Wildman–Crippen LogP) is 2.44. The van der Waals surface area contributed by atoms with Gasteiger partial charge in [0.1, 0.15) is 11.4 Å². The third-order valence-corrected chi connectivity index (χ3v) is 3.00. The molecule has 0 atom stereocenters. The number of allylic oxidation sites excluding steroid dienone is 2. The Balaban J connectivity index is 1.92. The number of H-pyrrole nitrogens is 1. The topological polar surface area (TPSA) is 74.8 Å². The number of hydrogen-bond donors (Lipinski definition) is 2. The van der Waals surface area contributed by atoms with Gasteiger partial charge in [0.2, 0.25) is 11.6 Å². The largest absolute Gasteiger partial charge is 0.352 e. The fourth-order valence-corrected chi connectivity index (χ4v) is 1.96. The number of carbonyl (C=O) groups is 2. The summed E-state index contributed by atoms with van der Waals surface area (Å²) in [5.74, 6) is -0.589. The fourth-order valence-electron chi connectivity index (χ4n) is 1.84. The number of aromatic nitrogens is 2. The maximum absolute atomic E-state index is 12.1. The number of hydrogen-bond acceptors (Lipinski definition) is 4. The Morgan fingerprint density at radius 2 is 1.89 bits per heavy atom. The van der Waals surface area contributed by atoms with Crippen molar-refractivity contribution in [2.45, 2.75) is 0 Å². The lowest BCUT2D eigenvalue weighted by molar-refractivity contribution is 0.0980. The van der Waals surface area contributed by atoms with Gasteiger partial charge in [-0.05, 0) is 24.3 Å². The molecule has 94 valence electrons. The molecule has 19 heavy (non-hydrogen) atoms. The first-order valence-electron chi connectivity index (χ1n) is 5.52. The van der Waals surface area contributed by atoms with E-state index in [1.165, 1.54) is 12.4 Å². The summed E-state index contributed by atoms with van der Waals surface area (Å²) in [6, 6.07) is 6.84. The van der Waals surface area contributed by atoms with Crippen LogP contribution in [0, 0.1) is 0 Å². The van der Waals surface area contributed by atoms with E-state index in [1.807, 2.05) is 0 Å². The van der Waals surface area contributed by atoms with Crippen LogP contribution < -0.4 is 5.32 Å². The van der Waals surface area contributed by atoms with Crippen LogP contribution in [-0.2, 0) is 0 Å². The molecule has 5 nitrogen and oxygen atoms in total. The zero-order valence-electron chi connectivity index (χ0n) is 9.61. The lowest BCUT2D eigenvalue weighted by Crippen LogP contribution is -2.21. The normalized spacial score (nSPS) is 14.1. The summed E-state index contributed by atoms with van der Waals surface area (Å²) in [5.41, 5.74) is 1.26. The monoisotopic (exact) mass is 273 g/mol. The van der Waals surface area contributed by atoms with Gasteiger partial charge >= 0.3 is 0 Å². The molecule has 2 N–H and O–H groups in total. The summed E-state index contributed by atoms with van der Waals surface area (Å²) < 4.78 is 0. The second kappa shape index (κ2) is 4.37. The maximum Gasteiger partial charge on any atom is 0.227 e. The molecule has 0 bridgehead atoms. The number of anilines is 1. The van der Waals surface area contributed by atoms with Crippen molar-refractivity contribution in [1.82, 2.24) is 9.97 Å². The molecule has 1 aromatic heterocycles. The van der Waals surface area contributed by atoms with Gasteiger partial charge < -0.3 is 10.3 Å². The standard InChI is InChI=1S/C13H8ClN3O2/c14-7-1-3-8(4-2-7)17-9-5-10(18)11-12(13(9)19)16-6-15-11/h1-6,17H,(H,15,16). The molecular weight excluding hydrogens is 266 g/mol. The molecule has 1 aliphatic carbocycles. The van der Waals surface area contributed by atoms with Gasteiger partial charge in [0, 0.05) is 16.8 Å². The number of halogens is 1. The Hall–Kier alpha value is -2.40. The van der Waals surface area contributed by atoms with Gasteiger partial charge in [-0.3, -0.25) is 9.59 Å². The summed E-state index contributed by atoms with van der Waals surface area (Å²) in [7, 11) is 0. The first-order valence-corrected chi connectivity index (χ1v) is 5.89. The molecule has 0 aliphatic heterocycles. The second-order valence-corrected chi connectivity index (χ2v) is 4.45. The minimum atomic E-state index is -0.299. The molecule has 0 saturated carbocycles. The van der Waals surface area contributed by atoms with E-state index in [4.69, 9.17) is 11.6 Å². The molecule has 0 saturated heterocycles. The molecular formula is C13H8ClN3O2. The molecule has 3 rings (SSSR count). The number of fused-ring (bicyclic) bond motifs is 1. The molecule has 1 aliphatic rings. The Kier molecular flexibility index (Phi) is 2.68. The summed E-state index contributed by atoms with van der Waals surface area (Å²) in [5, 5.41) is 3.50. The van der Waals surface area contributed by atoms with E-state index in [1.54, 1.807) is 24.3 Å². The molecule has 6 heteroatoms. The number of nitrogens with one attached hydrogen (secondary N) is 2.